The van der Waals surface area contributed by atoms with Gasteiger partial charge < -0.3 is 15.3 Å². The van der Waals surface area contributed by atoms with Crippen LogP contribution in [0.4, 0.5) is 0 Å². The summed E-state index contributed by atoms with van der Waals surface area (Å²) in [5, 5.41) is 12.8. The minimum absolute atomic E-state index is 0.132. The lowest BCUT2D eigenvalue weighted by molar-refractivity contribution is -0.141. The van der Waals surface area contributed by atoms with Gasteiger partial charge in [0.15, 0.2) is 0 Å². The van der Waals surface area contributed by atoms with E-state index in [1.54, 1.807) is 17.9 Å². The Morgan fingerprint density at radius 3 is 2.74 bits per heavy atom. The Bertz CT molecular complexity index is 581. The second kappa shape index (κ2) is 7.42. The van der Waals surface area contributed by atoms with Crippen molar-refractivity contribution in [2.45, 2.75) is 44.9 Å². The third-order valence-electron chi connectivity index (χ3n) is 4.23. The van der Waals surface area contributed by atoms with Crippen LogP contribution in [0.15, 0.2) is 36.4 Å². The third kappa shape index (κ3) is 4.42. The van der Waals surface area contributed by atoms with Crippen LogP contribution < -0.4 is 5.32 Å². The van der Waals surface area contributed by atoms with Crippen molar-refractivity contribution < 1.29 is 14.7 Å². The predicted molar refractivity (Wildman–Crippen MR) is 89.3 cm³/mol. The number of hydrogen-bond acceptors (Lipinski definition) is 3. The van der Waals surface area contributed by atoms with Crippen molar-refractivity contribution in [3.8, 4) is 0 Å². The van der Waals surface area contributed by atoms with E-state index in [-0.39, 0.29) is 12.1 Å². The van der Waals surface area contributed by atoms with Gasteiger partial charge in [-0.05, 0) is 37.8 Å². The molecule has 2 rings (SSSR count). The highest BCUT2D eigenvalue weighted by molar-refractivity contribution is 5.92. The summed E-state index contributed by atoms with van der Waals surface area (Å²) in [6.07, 6.45) is 4.81. The molecule has 0 aromatic heterocycles. The zero-order valence-electron chi connectivity index (χ0n) is 13.7. The molecule has 2 N–H and O–H groups in total. The molecule has 1 heterocycles. The third-order valence-corrected chi connectivity index (χ3v) is 4.23. The van der Waals surface area contributed by atoms with Gasteiger partial charge in [0.25, 0.3) is 5.91 Å². The number of carbonyl (C=O) groups is 2. The molecule has 2 amide bonds. The summed E-state index contributed by atoms with van der Waals surface area (Å²) in [5.41, 5.74) is -0.452. The highest BCUT2D eigenvalue weighted by Gasteiger charge is 2.34. The average Bonchev–Trinajstić information content (AvgIpc) is 3.01. The maximum Gasteiger partial charge on any atom is 0.253 e. The normalized spacial score (nSPS) is 20.5. The smallest absolute Gasteiger partial charge is 0.253 e. The van der Waals surface area contributed by atoms with Crippen molar-refractivity contribution in [1.82, 2.24) is 10.2 Å². The Hall–Kier alpha value is -2.14. The molecule has 2 atom stereocenters. The first-order chi connectivity index (χ1) is 10.9. The Morgan fingerprint density at radius 2 is 2.09 bits per heavy atom. The molecule has 1 aromatic carbocycles. The van der Waals surface area contributed by atoms with Crippen LogP contribution in [0.3, 0.4) is 0 Å². The van der Waals surface area contributed by atoms with Crippen molar-refractivity contribution in [2.75, 3.05) is 6.54 Å². The first-order valence-electron chi connectivity index (χ1n) is 8.01. The molecule has 1 aromatic rings. The molecular formula is C18H24N2O3. The van der Waals surface area contributed by atoms with E-state index in [4.69, 9.17) is 0 Å². The van der Waals surface area contributed by atoms with E-state index in [0.717, 1.165) is 12.0 Å². The van der Waals surface area contributed by atoms with E-state index >= 15 is 0 Å². The van der Waals surface area contributed by atoms with Gasteiger partial charge in [-0.25, -0.2) is 0 Å². The number of carbonyl (C=O) groups excluding carboxylic acids is 2. The standard InChI is InChI=1S/C18H24N2O3/c1-3-18(2,23)17(22)19-15-10-7-13-20(15)16(21)12-11-14-8-5-4-6-9-14/h4-6,8-9,11-12,15,23H,3,7,10,13H2,1-2H3,(H,19,22)/b12-11+/t15-,18?/m1/s1. The molecule has 5 nitrogen and oxygen atoms in total. The van der Waals surface area contributed by atoms with Crippen molar-refractivity contribution in [3.63, 3.8) is 0 Å². The van der Waals surface area contributed by atoms with Gasteiger partial charge in [0.1, 0.15) is 11.8 Å². The van der Waals surface area contributed by atoms with E-state index in [0.29, 0.717) is 19.4 Å². The van der Waals surface area contributed by atoms with Crippen LogP contribution in [0.2, 0.25) is 0 Å². The van der Waals surface area contributed by atoms with E-state index in [9.17, 15) is 14.7 Å². The number of aliphatic hydroxyl groups is 1. The van der Waals surface area contributed by atoms with Crippen molar-refractivity contribution in [3.05, 3.63) is 42.0 Å². The number of nitrogens with one attached hydrogen (secondary N) is 1. The molecule has 124 valence electrons. The first-order valence-corrected chi connectivity index (χ1v) is 8.01. The zero-order valence-corrected chi connectivity index (χ0v) is 13.7. The van der Waals surface area contributed by atoms with E-state index < -0.39 is 11.5 Å². The molecular weight excluding hydrogens is 292 g/mol. The van der Waals surface area contributed by atoms with Gasteiger partial charge in [0.2, 0.25) is 5.91 Å². The lowest BCUT2D eigenvalue weighted by Gasteiger charge is -2.28. The molecule has 5 heteroatoms. The van der Waals surface area contributed by atoms with Gasteiger partial charge in [0.05, 0.1) is 0 Å². The van der Waals surface area contributed by atoms with Gasteiger partial charge >= 0.3 is 0 Å². The van der Waals surface area contributed by atoms with Crippen molar-refractivity contribution >= 4 is 17.9 Å². The monoisotopic (exact) mass is 316 g/mol. The number of likely N-dealkylation sites (tertiary alicyclic amines) is 1. The van der Waals surface area contributed by atoms with E-state index in [2.05, 4.69) is 5.32 Å². The van der Waals surface area contributed by atoms with Gasteiger partial charge in [-0.3, -0.25) is 9.59 Å². The Labute approximate surface area is 137 Å². The molecule has 23 heavy (non-hydrogen) atoms. The molecule has 0 bridgehead atoms. The number of benzene rings is 1. The number of nitrogens with zero attached hydrogens (tertiary/aromatic N) is 1. The molecule has 1 aliphatic rings. The SMILES string of the molecule is CCC(C)(O)C(=O)N[C@H]1CCCN1C(=O)/C=C/c1ccccc1. The highest BCUT2D eigenvalue weighted by atomic mass is 16.3. The second-order valence-corrected chi connectivity index (χ2v) is 6.03. The molecule has 0 spiro atoms. The number of rotatable bonds is 5. The van der Waals surface area contributed by atoms with Crippen LogP contribution >= 0.6 is 0 Å². The fourth-order valence-electron chi connectivity index (χ4n) is 2.48. The summed E-state index contributed by atoms with van der Waals surface area (Å²) >= 11 is 0. The summed E-state index contributed by atoms with van der Waals surface area (Å²) in [6, 6.07) is 9.59. The maximum absolute atomic E-state index is 12.4. The number of hydrogen-bond donors (Lipinski definition) is 2. The fraction of sp³-hybridized carbons (Fsp3) is 0.444. The summed E-state index contributed by atoms with van der Waals surface area (Å²) in [7, 11) is 0. The molecule has 0 aliphatic carbocycles. The topological polar surface area (TPSA) is 69.6 Å². The largest absolute Gasteiger partial charge is 0.380 e. The van der Waals surface area contributed by atoms with Crippen LogP contribution in [0.1, 0.15) is 38.7 Å². The molecule has 1 aliphatic heterocycles. The minimum atomic E-state index is -1.41. The molecule has 0 radical (unpaired) electrons. The van der Waals surface area contributed by atoms with Crippen molar-refractivity contribution in [1.29, 1.82) is 0 Å². The first kappa shape index (κ1) is 17.2. The number of amides is 2. The summed E-state index contributed by atoms with van der Waals surface area (Å²) < 4.78 is 0. The quantitative estimate of drug-likeness (QED) is 0.816. The fourth-order valence-corrected chi connectivity index (χ4v) is 2.48. The Balaban J connectivity index is 1.99. The average molecular weight is 316 g/mol. The van der Waals surface area contributed by atoms with Crippen LogP contribution in [0, 0.1) is 0 Å². The molecule has 1 fully saturated rings. The van der Waals surface area contributed by atoms with Crippen LogP contribution in [-0.4, -0.2) is 40.1 Å². The summed E-state index contributed by atoms with van der Waals surface area (Å²) in [5.74, 6) is -0.565. The van der Waals surface area contributed by atoms with E-state index in [1.807, 2.05) is 30.3 Å². The van der Waals surface area contributed by atoms with Gasteiger partial charge in [-0.2, -0.15) is 0 Å². The predicted octanol–water partition coefficient (Wildman–Crippen LogP) is 1.93. The second-order valence-electron chi connectivity index (χ2n) is 6.03. The Morgan fingerprint density at radius 1 is 1.39 bits per heavy atom. The molecule has 1 saturated heterocycles. The highest BCUT2D eigenvalue weighted by Crippen LogP contribution is 2.18. The zero-order chi connectivity index (χ0) is 16.9. The lowest BCUT2D eigenvalue weighted by atomic mass is 10.0. The lowest BCUT2D eigenvalue weighted by Crippen LogP contribution is -2.53. The summed E-state index contributed by atoms with van der Waals surface area (Å²) in [6.45, 7) is 3.84. The maximum atomic E-state index is 12.4. The van der Waals surface area contributed by atoms with Crippen LogP contribution in [0.5, 0.6) is 0 Å². The van der Waals surface area contributed by atoms with Crippen LogP contribution in [-0.2, 0) is 9.59 Å². The van der Waals surface area contributed by atoms with Gasteiger partial charge in [0, 0.05) is 12.6 Å². The molecule has 1 unspecified atom stereocenters. The van der Waals surface area contributed by atoms with Crippen molar-refractivity contribution in [2.24, 2.45) is 0 Å². The minimum Gasteiger partial charge on any atom is -0.380 e. The summed E-state index contributed by atoms with van der Waals surface area (Å²) in [4.78, 5) is 26.1. The van der Waals surface area contributed by atoms with Gasteiger partial charge in [-0.15, -0.1) is 0 Å². The molecule has 0 saturated carbocycles. The van der Waals surface area contributed by atoms with E-state index in [1.165, 1.54) is 13.0 Å². The Kier molecular flexibility index (Phi) is 5.55. The van der Waals surface area contributed by atoms with Crippen LogP contribution in [0.25, 0.3) is 6.08 Å². The van der Waals surface area contributed by atoms with Gasteiger partial charge in [-0.1, -0.05) is 37.3 Å².